The van der Waals surface area contributed by atoms with Crippen LogP contribution in [0.15, 0.2) is 24.3 Å². The third kappa shape index (κ3) is 3.87. The number of rotatable bonds is 3. The number of nitrogens with zero attached hydrogens (tertiary/aromatic N) is 1. The molecule has 3 unspecified atom stereocenters. The minimum absolute atomic E-state index is 0.309. The van der Waals surface area contributed by atoms with Crippen LogP contribution < -0.4 is 5.32 Å². The van der Waals surface area contributed by atoms with Gasteiger partial charge in [0.2, 0.25) is 0 Å². The molecule has 0 radical (unpaired) electrons. The number of nitrogens with one attached hydrogen (secondary N) is 1. The molecule has 2 rings (SSSR count). The molecule has 1 aliphatic rings. The van der Waals surface area contributed by atoms with E-state index in [-0.39, 0.29) is 0 Å². The Kier molecular flexibility index (Phi) is 5.11. The molecule has 1 aliphatic heterocycles. The van der Waals surface area contributed by atoms with E-state index in [4.69, 9.17) is 0 Å². The van der Waals surface area contributed by atoms with Crippen LogP contribution in [0.3, 0.4) is 0 Å². The van der Waals surface area contributed by atoms with E-state index in [1.807, 2.05) is 0 Å². The van der Waals surface area contributed by atoms with E-state index in [2.05, 4.69) is 76.0 Å². The normalized spacial score (nSPS) is 25.8. The van der Waals surface area contributed by atoms with Gasteiger partial charge in [-0.3, -0.25) is 4.90 Å². The summed E-state index contributed by atoms with van der Waals surface area (Å²) in [6, 6.07) is 10.7. The van der Waals surface area contributed by atoms with Gasteiger partial charge in [-0.05, 0) is 31.2 Å². The molecule has 1 heterocycles. The van der Waals surface area contributed by atoms with Gasteiger partial charge in [0.1, 0.15) is 0 Å². The summed E-state index contributed by atoms with van der Waals surface area (Å²) in [6.45, 7) is 16.1. The van der Waals surface area contributed by atoms with Crippen LogP contribution in [0.4, 0.5) is 0 Å². The first-order valence-corrected chi connectivity index (χ1v) is 8.38. The lowest BCUT2D eigenvalue weighted by Gasteiger charge is -2.47. The van der Waals surface area contributed by atoms with Crippen LogP contribution in [0.5, 0.6) is 0 Å². The Morgan fingerprint density at radius 3 is 2.38 bits per heavy atom. The van der Waals surface area contributed by atoms with Gasteiger partial charge in [0, 0.05) is 31.2 Å². The maximum absolute atomic E-state index is 3.76. The second kappa shape index (κ2) is 6.50. The van der Waals surface area contributed by atoms with Crippen LogP contribution >= 0.6 is 0 Å². The predicted molar refractivity (Wildman–Crippen MR) is 91.6 cm³/mol. The van der Waals surface area contributed by atoms with E-state index in [0.717, 1.165) is 13.1 Å². The van der Waals surface area contributed by atoms with Crippen LogP contribution in [0.2, 0.25) is 0 Å². The third-order valence-electron chi connectivity index (χ3n) is 5.04. The molecule has 1 aromatic rings. The van der Waals surface area contributed by atoms with Gasteiger partial charge >= 0.3 is 0 Å². The molecule has 2 nitrogen and oxygen atoms in total. The molecule has 118 valence electrons. The summed E-state index contributed by atoms with van der Waals surface area (Å²) in [5, 5.41) is 3.76. The fourth-order valence-corrected chi connectivity index (χ4v) is 3.29. The van der Waals surface area contributed by atoms with Gasteiger partial charge in [-0.25, -0.2) is 0 Å². The molecule has 1 N–H and O–H groups in total. The van der Waals surface area contributed by atoms with Gasteiger partial charge < -0.3 is 5.32 Å². The van der Waals surface area contributed by atoms with E-state index in [1.165, 1.54) is 17.5 Å². The minimum atomic E-state index is 0.309. The number of aryl methyl sites for hydroxylation is 1. The Balaban J connectivity index is 2.18. The summed E-state index contributed by atoms with van der Waals surface area (Å²) in [6.07, 6.45) is 1.21. The van der Waals surface area contributed by atoms with Gasteiger partial charge in [-0.1, -0.05) is 57.5 Å². The molecular formula is C19H32N2. The first-order valence-electron chi connectivity index (χ1n) is 8.38. The van der Waals surface area contributed by atoms with E-state index in [1.54, 1.807) is 0 Å². The number of hydrogen-bond donors (Lipinski definition) is 1. The lowest BCUT2D eigenvalue weighted by molar-refractivity contribution is 0.0530. The molecule has 1 aromatic carbocycles. The first kappa shape index (κ1) is 16.5. The molecule has 1 saturated heterocycles. The molecule has 1 fully saturated rings. The molecular weight excluding hydrogens is 256 g/mol. The summed E-state index contributed by atoms with van der Waals surface area (Å²) >= 11 is 0. The van der Waals surface area contributed by atoms with Crippen molar-refractivity contribution in [2.75, 3.05) is 13.1 Å². The van der Waals surface area contributed by atoms with Crippen molar-refractivity contribution in [3.05, 3.63) is 35.4 Å². The minimum Gasteiger partial charge on any atom is -0.311 e. The largest absolute Gasteiger partial charge is 0.311 e. The molecule has 0 bridgehead atoms. The predicted octanol–water partition coefficient (Wildman–Crippen LogP) is 4.15. The highest BCUT2D eigenvalue weighted by Gasteiger charge is 2.35. The van der Waals surface area contributed by atoms with Crippen molar-refractivity contribution < 1.29 is 0 Å². The summed E-state index contributed by atoms with van der Waals surface area (Å²) in [7, 11) is 0. The summed E-state index contributed by atoms with van der Waals surface area (Å²) in [5.41, 5.74) is 3.09. The van der Waals surface area contributed by atoms with Crippen molar-refractivity contribution >= 4 is 0 Å². The van der Waals surface area contributed by atoms with Gasteiger partial charge in [-0.15, -0.1) is 0 Å². The standard InChI is InChI=1S/C19H32N2/c1-7-17-12-20-18(19(4,5)6)13-21(17)15(3)16-10-8-14(2)9-11-16/h8-11,15,17-18,20H,7,12-13H2,1-6H3. The second-order valence-electron chi connectivity index (χ2n) is 7.67. The summed E-state index contributed by atoms with van der Waals surface area (Å²) in [5.74, 6) is 0. The summed E-state index contributed by atoms with van der Waals surface area (Å²) < 4.78 is 0. The molecule has 0 spiro atoms. The Labute approximate surface area is 130 Å². The molecule has 0 saturated carbocycles. The molecule has 0 aromatic heterocycles. The average molecular weight is 288 g/mol. The first-order chi connectivity index (χ1) is 9.82. The van der Waals surface area contributed by atoms with E-state index >= 15 is 0 Å². The van der Waals surface area contributed by atoms with Crippen LogP contribution in [0.1, 0.15) is 58.2 Å². The Morgan fingerprint density at radius 1 is 1.24 bits per heavy atom. The number of benzene rings is 1. The van der Waals surface area contributed by atoms with Gasteiger partial charge in [-0.2, -0.15) is 0 Å². The molecule has 3 atom stereocenters. The maximum Gasteiger partial charge on any atom is 0.0324 e. The van der Waals surface area contributed by atoms with Gasteiger partial charge in [0.05, 0.1) is 0 Å². The zero-order valence-corrected chi connectivity index (χ0v) is 14.6. The fourth-order valence-electron chi connectivity index (χ4n) is 3.29. The average Bonchev–Trinajstić information content (AvgIpc) is 2.45. The van der Waals surface area contributed by atoms with Gasteiger partial charge in [0.15, 0.2) is 0 Å². The van der Waals surface area contributed by atoms with Crippen molar-refractivity contribution in [2.24, 2.45) is 5.41 Å². The molecule has 2 heteroatoms. The topological polar surface area (TPSA) is 15.3 Å². The van der Waals surface area contributed by atoms with E-state index < -0.39 is 0 Å². The monoisotopic (exact) mass is 288 g/mol. The lowest BCUT2D eigenvalue weighted by atomic mass is 9.84. The Bertz CT molecular complexity index is 444. The maximum atomic E-state index is 3.76. The highest BCUT2D eigenvalue weighted by molar-refractivity contribution is 5.24. The fraction of sp³-hybridized carbons (Fsp3) is 0.684. The van der Waals surface area contributed by atoms with Crippen LogP contribution in [0, 0.1) is 12.3 Å². The van der Waals surface area contributed by atoms with Crippen molar-refractivity contribution in [3.63, 3.8) is 0 Å². The van der Waals surface area contributed by atoms with E-state index in [0.29, 0.717) is 23.5 Å². The molecule has 0 aliphatic carbocycles. The van der Waals surface area contributed by atoms with Crippen LogP contribution in [0.25, 0.3) is 0 Å². The van der Waals surface area contributed by atoms with Crippen molar-refractivity contribution in [1.82, 2.24) is 10.2 Å². The lowest BCUT2D eigenvalue weighted by Crippen LogP contribution is -2.60. The zero-order valence-electron chi connectivity index (χ0n) is 14.6. The van der Waals surface area contributed by atoms with Crippen molar-refractivity contribution in [2.45, 2.75) is 66.1 Å². The van der Waals surface area contributed by atoms with Crippen LogP contribution in [-0.4, -0.2) is 30.1 Å². The highest BCUT2D eigenvalue weighted by atomic mass is 15.3. The SMILES string of the molecule is CCC1CNC(C(C)(C)C)CN1C(C)c1ccc(C)cc1. The van der Waals surface area contributed by atoms with E-state index in [9.17, 15) is 0 Å². The van der Waals surface area contributed by atoms with Crippen molar-refractivity contribution in [3.8, 4) is 0 Å². The second-order valence-corrected chi connectivity index (χ2v) is 7.67. The quantitative estimate of drug-likeness (QED) is 0.898. The van der Waals surface area contributed by atoms with Gasteiger partial charge in [0.25, 0.3) is 0 Å². The summed E-state index contributed by atoms with van der Waals surface area (Å²) in [4.78, 5) is 2.71. The molecule has 0 amide bonds. The Morgan fingerprint density at radius 2 is 1.86 bits per heavy atom. The number of piperazine rings is 1. The zero-order chi connectivity index (χ0) is 15.6. The highest BCUT2D eigenvalue weighted by Crippen LogP contribution is 2.30. The Hall–Kier alpha value is -0.860. The van der Waals surface area contributed by atoms with Crippen molar-refractivity contribution in [1.29, 1.82) is 0 Å². The third-order valence-corrected chi connectivity index (χ3v) is 5.04. The smallest absolute Gasteiger partial charge is 0.0324 e. The van der Waals surface area contributed by atoms with Crippen LogP contribution in [-0.2, 0) is 0 Å². The number of hydrogen-bond acceptors (Lipinski definition) is 2. The molecule has 21 heavy (non-hydrogen) atoms.